The summed E-state index contributed by atoms with van der Waals surface area (Å²) in [6.07, 6.45) is 0.344. The van der Waals surface area contributed by atoms with E-state index in [1.54, 1.807) is 24.3 Å². The Balaban J connectivity index is 2.12. The fourth-order valence-electron chi connectivity index (χ4n) is 4.54. The number of nitrogens with one attached hydrogen (secondary N) is 1. The molecule has 0 unspecified atom stereocenters. The van der Waals surface area contributed by atoms with Crippen molar-refractivity contribution in [3.63, 3.8) is 0 Å². The highest BCUT2D eigenvalue weighted by Crippen LogP contribution is 2.34. The number of carbonyl (C=O) groups is 2. The topological polar surface area (TPSA) is 105 Å². The van der Waals surface area contributed by atoms with Crippen LogP contribution in [0.25, 0.3) is 0 Å². The Morgan fingerprint density at radius 2 is 1.43 bits per heavy atom. The molecule has 0 aliphatic carbocycles. The Bertz CT molecular complexity index is 1470. The van der Waals surface area contributed by atoms with Crippen LogP contribution in [0.4, 0.5) is 5.69 Å². The number of rotatable bonds is 13. The van der Waals surface area contributed by atoms with Gasteiger partial charge in [-0.25, -0.2) is 8.42 Å². The first-order chi connectivity index (χ1) is 19.9. The lowest BCUT2D eigenvalue weighted by atomic mass is 10.1. The predicted molar refractivity (Wildman–Crippen MR) is 164 cm³/mol. The number of nitrogens with zero attached hydrogens (tertiary/aromatic N) is 2. The zero-order valence-corrected chi connectivity index (χ0v) is 26.2. The quantitative estimate of drug-likeness (QED) is 0.303. The number of hydrogen-bond donors (Lipinski definition) is 1. The molecule has 0 aliphatic rings. The van der Waals surface area contributed by atoms with Crippen LogP contribution in [-0.4, -0.2) is 58.0 Å². The summed E-state index contributed by atoms with van der Waals surface area (Å²) < 4.78 is 40.0. The molecule has 0 aliphatic heterocycles. The summed E-state index contributed by atoms with van der Waals surface area (Å²) in [5, 5.41) is 2.90. The van der Waals surface area contributed by atoms with E-state index >= 15 is 0 Å². The van der Waals surface area contributed by atoms with Crippen molar-refractivity contribution in [3.8, 4) is 11.5 Å². The summed E-state index contributed by atoms with van der Waals surface area (Å²) in [5.74, 6) is -0.0951. The van der Waals surface area contributed by atoms with E-state index in [1.807, 2.05) is 58.9 Å². The minimum absolute atomic E-state index is 0.0327. The third-order valence-corrected chi connectivity index (χ3v) is 8.62. The summed E-state index contributed by atoms with van der Waals surface area (Å²) >= 11 is 0. The smallest absolute Gasteiger partial charge is 0.264 e. The molecule has 0 saturated heterocycles. The van der Waals surface area contributed by atoms with Gasteiger partial charge in [0.05, 0.1) is 24.8 Å². The Labute approximate surface area is 249 Å². The molecule has 226 valence electrons. The number of aryl methyl sites for hydroxylation is 2. The highest BCUT2D eigenvalue weighted by Gasteiger charge is 2.34. The van der Waals surface area contributed by atoms with Crippen LogP contribution in [0, 0.1) is 13.8 Å². The maximum absolute atomic E-state index is 14.2. The van der Waals surface area contributed by atoms with Crippen LogP contribution in [0.2, 0.25) is 0 Å². The average molecular weight is 596 g/mol. The second-order valence-corrected chi connectivity index (χ2v) is 12.3. The molecular formula is C32H41N3O6S. The van der Waals surface area contributed by atoms with E-state index < -0.39 is 28.5 Å². The molecule has 0 fully saturated rings. The Morgan fingerprint density at radius 3 is 1.95 bits per heavy atom. The zero-order valence-electron chi connectivity index (χ0n) is 25.4. The Morgan fingerprint density at radius 1 is 0.857 bits per heavy atom. The first-order valence-corrected chi connectivity index (χ1v) is 15.3. The fraction of sp³-hybridized carbons (Fsp3) is 0.375. The van der Waals surface area contributed by atoms with E-state index in [2.05, 4.69) is 5.32 Å². The molecule has 0 spiro atoms. The minimum atomic E-state index is -4.21. The largest absolute Gasteiger partial charge is 0.493 e. The molecule has 0 heterocycles. The number of hydrogen-bond acceptors (Lipinski definition) is 6. The molecule has 2 amide bonds. The van der Waals surface area contributed by atoms with Crippen LogP contribution in [0.3, 0.4) is 0 Å². The summed E-state index contributed by atoms with van der Waals surface area (Å²) in [5.41, 5.74) is 3.00. The van der Waals surface area contributed by atoms with Gasteiger partial charge in [0.2, 0.25) is 11.8 Å². The van der Waals surface area contributed by atoms with Crippen molar-refractivity contribution in [2.24, 2.45) is 0 Å². The summed E-state index contributed by atoms with van der Waals surface area (Å²) in [7, 11) is -1.27. The van der Waals surface area contributed by atoms with Crippen LogP contribution in [0.1, 0.15) is 43.9 Å². The van der Waals surface area contributed by atoms with Crippen molar-refractivity contribution in [2.75, 3.05) is 25.1 Å². The molecule has 10 heteroatoms. The molecule has 0 aromatic heterocycles. The lowest BCUT2D eigenvalue weighted by Gasteiger charge is -2.33. The maximum atomic E-state index is 14.2. The third-order valence-electron chi connectivity index (χ3n) is 6.83. The number of carbonyl (C=O) groups excluding carboxylic acids is 2. The monoisotopic (exact) mass is 595 g/mol. The molecule has 42 heavy (non-hydrogen) atoms. The number of amides is 2. The first-order valence-electron chi connectivity index (χ1n) is 13.9. The number of ether oxygens (including phenoxy) is 2. The van der Waals surface area contributed by atoms with Gasteiger partial charge >= 0.3 is 0 Å². The van der Waals surface area contributed by atoms with Crippen molar-refractivity contribution < 1.29 is 27.5 Å². The number of anilines is 1. The van der Waals surface area contributed by atoms with Gasteiger partial charge < -0.3 is 19.7 Å². The van der Waals surface area contributed by atoms with Crippen LogP contribution in [0.5, 0.6) is 11.5 Å². The minimum Gasteiger partial charge on any atom is -0.493 e. The van der Waals surface area contributed by atoms with Gasteiger partial charge in [-0.1, -0.05) is 54.4 Å². The first kappa shape index (κ1) is 32.5. The lowest BCUT2D eigenvalue weighted by molar-refractivity contribution is -0.140. The van der Waals surface area contributed by atoms with Gasteiger partial charge in [0.1, 0.15) is 12.6 Å². The van der Waals surface area contributed by atoms with E-state index in [-0.39, 0.29) is 29.1 Å². The zero-order chi connectivity index (χ0) is 31.0. The normalized spacial score (nSPS) is 12.0. The van der Waals surface area contributed by atoms with Gasteiger partial charge in [-0.05, 0) is 63.9 Å². The molecule has 1 N–H and O–H groups in total. The second kappa shape index (κ2) is 14.2. The standard InChI is InChI=1S/C32H41N3O6S/c1-8-28(32(37)33-22(2)3)34(20-25-13-9-23(4)10-14-25)31(36)21-35(26-15-18-29(40-6)30(19-26)41-7)42(38,39)27-16-11-24(5)12-17-27/h9-19,22,28H,8,20-21H2,1-7H3,(H,33,37)/t28-/m1/s1. The van der Waals surface area contributed by atoms with Crippen LogP contribution in [0.15, 0.2) is 71.6 Å². The van der Waals surface area contributed by atoms with Crippen molar-refractivity contribution in [1.82, 2.24) is 10.2 Å². The van der Waals surface area contributed by atoms with E-state index in [0.717, 1.165) is 21.0 Å². The van der Waals surface area contributed by atoms with Gasteiger partial charge in [0.15, 0.2) is 11.5 Å². The highest BCUT2D eigenvalue weighted by atomic mass is 32.2. The van der Waals surface area contributed by atoms with Crippen molar-refractivity contribution in [1.29, 1.82) is 0 Å². The molecule has 0 bridgehead atoms. The molecule has 0 radical (unpaired) electrons. The van der Waals surface area contributed by atoms with Gasteiger partial charge in [0, 0.05) is 18.7 Å². The third kappa shape index (κ3) is 7.82. The molecule has 0 saturated carbocycles. The lowest BCUT2D eigenvalue weighted by Crippen LogP contribution is -2.53. The van der Waals surface area contributed by atoms with Gasteiger partial charge in [-0.2, -0.15) is 0 Å². The molecule has 1 atom stereocenters. The Kier molecular flexibility index (Phi) is 11.0. The summed E-state index contributed by atoms with van der Waals surface area (Å²) in [6, 6.07) is 17.8. The van der Waals surface area contributed by atoms with Crippen LogP contribution in [-0.2, 0) is 26.2 Å². The van der Waals surface area contributed by atoms with E-state index in [9.17, 15) is 18.0 Å². The second-order valence-electron chi connectivity index (χ2n) is 10.5. The SMILES string of the molecule is CC[C@H](C(=O)NC(C)C)N(Cc1ccc(C)cc1)C(=O)CN(c1ccc(OC)c(OC)c1)S(=O)(=O)c1ccc(C)cc1. The van der Waals surface area contributed by atoms with E-state index in [4.69, 9.17) is 9.47 Å². The number of benzene rings is 3. The summed E-state index contributed by atoms with van der Waals surface area (Å²) in [4.78, 5) is 28.9. The van der Waals surface area contributed by atoms with E-state index in [1.165, 1.54) is 37.3 Å². The number of methoxy groups -OCH3 is 2. The van der Waals surface area contributed by atoms with E-state index in [0.29, 0.717) is 17.9 Å². The van der Waals surface area contributed by atoms with Crippen LogP contribution >= 0.6 is 0 Å². The summed E-state index contributed by atoms with van der Waals surface area (Å²) in [6.45, 7) is 8.95. The average Bonchev–Trinajstić information content (AvgIpc) is 2.96. The van der Waals surface area contributed by atoms with Gasteiger partial charge in [-0.15, -0.1) is 0 Å². The molecule has 3 rings (SSSR count). The molecule has 3 aromatic carbocycles. The molecule has 9 nitrogen and oxygen atoms in total. The van der Waals surface area contributed by atoms with Crippen molar-refractivity contribution >= 4 is 27.5 Å². The van der Waals surface area contributed by atoms with Crippen molar-refractivity contribution in [3.05, 3.63) is 83.4 Å². The highest BCUT2D eigenvalue weighted by molar-refractivity contribution is 7.92. The maximum Gasteiger partial charge on any atom is 0.264 e. The van der Waals surface area contributed by atoms with Crippen LogP contribution < -0.4 is 19.1 Å². The molecular weight excluding hydrogens is 554 g/mol. The number of sulfonamides is 1. The van der Waals surface area contributed by atoms with Gasteiger partial charge in [-0.3, -0.25) is 13.9 Å². The Hall–Kier alpha value is -4.05. The van der Waals surface area contributed by atoms with Crippen molar-refractivity contribution in [2.45, 2.75) is 64.6 Å². The predicted octanol–water partition coefficient (Wildman–Crippen LogP) is 4.85. The van der Waals surface area contributed by atoms with Gasteiger partial charge in [0.25, 0.3) is 10.0 Å². The fourth-order valence-corrected chi connectivity index (χ4v) is 5.94. The molecule has 3 aromatic rings.